The predicted molar refractivity (Wildman–Crippen MR) is 55.1 cm³/mol. The van der Waals surface area contributed by atoms with Crippen LogP contribution in [0.15, 0.2) is 0 Å². The van der Waals surface area contributed by atoms with Gasteiger partial charge in [0.1, 0.15) is 0 Å². The number of hydrogen-bond donors (Lipinski definition) is 0. The minimum atomic E-state index is -0.920. The molecule has 0 spiro atoms. The maximum absolute atomic E-state index is 2.75. The first-order valence-corrected chi connectivity index (χ1v) is 10.7. The molecule has 0 aromatic carbocycles. The molecule has 3 saturated heterocycles. The number of rotatable bonds is 0. The number of nitrogens with zero attached hydrogens (tertiary/aromatic N) is 3. The summed E-state index contributed by atoms with van der Waals surface area (Å²) in [6, 6.07) is 0. The van der Waals surface area contributed by atoms with Gasteiger partial charge in [0.25, 0.3) is 0 Å². The van der Waals surface area contributed by atoms with Crippen molar-refractivity contribution in [2.24, 2.45) is 0 Å². The van der Waals surface area contributed by atoms with E-state index in [4.69, 9.17) is 0 Å². The molecule has 0 saturated carbocycles. The molecule has 3 rings (SSSR count). The second kappa shape index (κ2) is 3.59. The average molecular weight is 238 g/mol. The molecule has 0 radical (unpaired) electrons. The Morgan fingerprint density at radius 1 is 0.538 bits per heavy atom. The summed E-state index contributed by atoms with van der Waals surface area (Å²) >= 11 is -0.920. The topological polar surface area (TPSA) is 9.72 Å². The molecule has 72 valence electrons. The Hall–Kier alpha value is 0.516. The van der Waals surface area contributed by atoms with Gasteiger partial charge in [0.2, 0.25) is 0 Å². The zero-order valence-electron chi connectivity index (χ0n) is 8.28. The number of fused-ring (bicyclic) bond motifs is 3. The SMILES string of the molecule is C1CN2CCN3CCN1[CH2][Ga]([CH2]2)[CH2]3. The normalized spacial score (nSPS) is 44.3. The standard InChI is InChI=1S/C9H18N3.Ga/c1-10-4-6-11(2)8-9-12(3)7-5-10;/h1-9H2;. The summed E-state index contributed by atoms with van der Waals surface area (Å²) < 4.78 is 0. The van der Waals surface area contributed by atoms with E-state index in [-0.39, 0.29) is 0 Å². The van der Waals surface area contributed by atoms with Gasteiger partial charge in [-0.1, -0.05) is 0 Å². The van der Waals surface area contributed by atoms with Crippen LogP contribution in [0.5, 0.6) is 0 Å². The molecule has 4 bridgehead atoms. The minimum absolute atomic E-state index is 0.920. The van der Waals surface area contributed by atoms with E-state index in [1.54, 1.807) is 15.3 Å². The van der Waals surface area contributed by atoms with Crippen LogP contribution in [0.4, 0.5) is 0 Å². The summed E-state index contributed by atoms with van der Waals surface area (Å²) in [5.74, 6) is 0. The van der Waals surface area contributed by atoms with Crippen molar-refractivity contribution in [3.8, 4) is 0 Å². The third-order valence-corrected chi connectivity index (χ3v) is 10.2. The zero-order chi connectivity index (χ0) is 8.67. The van der Waals surface area contributed by atoms with E-state index in [9.17, 15) is 0 Å². The molecule has 3 heterocycles. The molecular weight excluding hydrogens is 220 g/mol. The van der Waals surface area contributed by atoms with Crippen LogP contribution in [0.1, 0.15) is 0 Å². The van der Waals surface area contributed by atoms with Gasteiger partial charge < -0.3 is 0 Å². The van der Waals surface area contributed by atoms with Crippen molar-refractivity contribution in [1.82, 2.24) is 14.7 Å². The third-order valence-electron chi connectivity index (χ3n) is 3.75. The Kier molecular flexibility index (Phi) is 2.43. The van der Waals surface area contributed by atoms with Gasteiger partial charge in [0.15, 0.2) is 0 Å². The van der Waals surface area contributed by atoms with Gasteiger partial charge in [0.05, 0.1) is 0 Å². The summed E-state index contributed by atoms with van der Waals surface area (Å²) in [7, 11) is 0. The predicted octanol–water partition coefficient (Wildman–Crippen LogP) is -0.954. The van der Waals surface area contributed by atoms with Crippen molar-refractivity contribution in [3.63, 3.8) is 0 Å². The van der Waals surface area contributed by atoms with E-state index in [1.807, 2.05) is 0 Å². The molecule has 3 nitrogen and oxygen atoms in total. The van der Waals surface area contributed by atoms with Crippen LogP contribution in [0, 0.1) is 0 Å². The van der Waals surface area contributed by atoms with Gasteiger partial charge in [0, 0.05) is 0 Å². The fourth-order valence-electron chi connectivity index (χ4n) is 3.00. The Bertz CT molecular complexity index is 154. The molecule has 3 fully saturated rings. The second-order valence-corrected chi connectivity index (χ2v) is 10.7. The third kappa shape index (κ3) is 1.83. The average Bonchev–Trinajstić information content (AvgIpc) is 2.51. The monoisotopic (exact) mass is 237 g/mol. The first kappa shape index (κ1) is 8.80. The summed E-state index contributed by atoms with van der Waals surface area (Å²) in [4.78, 5) is 8.24. The number of hydrogen-bond acceptors (Lipinski definition) is 3. The Balaban J connectivity index is 1.87. The van der Waals surface area contributed by atoms with Gasteiger partial charge in [-0.15, -0.1) is 0 Å². The summed E-state index contributed by atoms with van der Waals surface area (Å²) in [6.07, 6.45) is 0. The Labute approximate surface area is 85.7 Å². The van der Waals surface area contributed by atoms with Gasteiger partial charge in [-0.2, -0.15) is 0 Å². The fraction of sp³-hybridized carbons (Fsp3) is 1.00. The molecule has 3 aliphatic heterocycles. The van der Waals surface area contributed by atoms with E-state index in [2.05, 4.69) is 14.7 Å². The van der Waals surface area contributed by atoms with Gasteiger partial charge in [-0.3, -0.25) is 0 Å². The molecule has 0 atom stereocenters. The van der Waals surface area contributed by atoms with Crippen molar-refractivity contribution in [1.29, 1.82) is 0 Å². The van der Waals surface area contributed by atoms with Crippen molar-refractivity contribution in [2.75, 3.05) is 54.6 Å². The molecule has 13 heavy (non-hydrogen) atoms. The first-order valence-electron chi connectivity index (χ1n) is 5.57. The summed E-state index contributed by atoms with van der Waals surface area (Å²) in [5.41, 5.74) is 0. The van der Waals surface area contributed by atoms with E-state index in [0.717, 1.165) is 0 Å². The van der Waals surface area contributed by atoms with Crippen molar-refractivity contribution < 1.29 is 0 Å². The van der Waals surface area contributed by atoms with Crippen LogP contribution in [0.3, 0.4) is 0 Å². The van der Waals surface area contributed by atoms with Crippen LogP contribution in [0.2, 0.25) is 0 Å². The van der Waals surface area contributed by atoms with E-state index >= 15 is 0 Å². The Morgan fingerprint density at radius 2 is 0.846 bits per heavy atom. The van der Waals surface area contributed by atoms with Gasteiger partial charge in [-0.05, 0) is 0 Å². The van der Waals surface area contributed by atoms with Gasteiger partial charge in [-0.25, -0.2) is 0 Å². The summed E-state index contributed by atoms with van der Waals surface area (Å²) in [6.45, 7) is 8.14. The molecule has 0 aromatic heterocycles. The quantitative estimate of drug-likeness (QED) is 0.503. The van der Waals surface area contributed by atoms with E-state index in [1.165, 1.54) is 39.3 Å². The van der Waals surface area contributed by atoms with Crippen LogP contribution < -0.4 is 0 Å². The van der Waals surface area contributed by atoms with Crippen LogP contribution in [-0.4, -0.2) is 85.5 Å². The molecule has 4 heteroatoms. The second-order valence-electron chi connectivity index (χ2n) is 4.77. The molecule has 0 amide bonds. The molecule has 0 aromatic rings. The van der Waals surface area contributed by atoms with Crippen LogP contribution >= 0.6 is 0 Å². The van der Waals surface area contributed by atoms with E-state index < -0.39 is 16.2 Å². The molecule has 3 aliphatic rings. The maximum atomic E-state index is 2.75. The zero-order valence-corrected chi connectivity index (χ0v) is 10.7. The van der Waals surface area contributed by atoms with Crippen LogP contribution in [0.25, 0.3) is 0 Å². The molecular formula is C9H18GaN3. The van der Waals surface area contributed by atoms with Crippen LogP contribution in [-0.2, 0) is 0 Å². The first-order chi connectivity index (χ1) is 6.40. The molecule has 0 unspecified atom stereocenters. The van der Waals surface area contributed by atoms with Gasteiger partial charge >= 0.3 is 85.5 Å². The summed E-state index contributed by atoms with van der Waals surface area (Å²) in [5, 5.41) is 4.62. The fourth-order valence-corrected chi connectivity index (χ4v) is 10.6. The van der Waals surface area contributed by atoms with E-state index in [0.29, 0.717) is 0 Å². The van der Waals surface area contributed by atoms with Crippen molar-refractivity contribution in [3.05, 3.63) is 0 Å². The molecule has 0 N–H and O–H groups in total. The molecule has 0 aliphatic carbocycles. The van der Waals surface area contributed by atoms with Crippen molar-refractivity contribution >= 4 is 16.2 Å². The Morgan fingerprint density at radius 3 is 1.15 bits per heavy atom. The van der Waals surface area contributed by atoms with Crippen molar-refractivity contribution in [2.45, 2.75) is 0 Å².